The van der Waals surface area contributed by atoms with Crippen molar-refractivity contribution in [3.63, 3.8) is 0 Å². The fourth-order valence-electron chi connectivity index (χ4n) is 4.41. The number of nitrogens with zero attached hydrogens (tertiary/aromatic N) is 2. The molecule has 0 radical (unpaired) electrons. The smallest absolute Gasteiger partial charge is 0.150 e. The Kier molecular flexibility index (Phi) is 5.42. The van der Waals surface area contributed by atoms with Gasteiger partial charge in [0.1, 0.15) is 17.6 Å². The molecule has 1 fully saturated rings. The van der Waals surface area contributed by atoms with Gasteiger partial charge in [-0.2, -0.15) is 0 Å². The lowest BCUT2D eigenvalue weighted by atomic mass is 9.88. The summed E-state index contributed by atoms with van der Waals surface area (Å²) in [4.78, 5) is 15.5. The number of aromatic nitrogens is 1. The highest BCUT2D eigenvalue weighted by Gasteiger charge is 2.43. The van der Waals surface area contributed by atoms with Gasteiger partial charge in [0, 0.05) is 49.0 Å². The Morgan fingerprint density at radius 2 is 1.81 bits per heavy atom. The Labute approximate surface area is 184 Å². The third-order valence-corrected chi connectivity index (χ3v) is 7.71. The monoisotopic (exact) mass is 432 g/mol. The molecule has 3 heterocycles. The second-order valence-corrected chi connectivity index (χ2v) is 9.71. The zero-order chi connectivity index (χ0) is 21.3. The van der Waals surface area contributed by atoms with Gasteiger partial charge in [0.25, 0.3) is 0 Å². The number of ether oxygens (including phenoxy) is 1. The van der Waals surface area contributed by atoms with Crippen molar-refractivity contribution in [3.8, 4) is 17.0 Å². The summed E-state index contributed by atoms with van der Waals surface area (Å²) in [6.45, 7) is 1.53. The molecule has 158 valence electrons. The molecule has 2 aromatic carbocycles. The van der Waals surface area contributed by atoms with Crippen LogP contribution in [0.2, 0.25) is 0 Å². The summed E-state index contributed by atoms with van der Waals surface area (Å²) in [5.74, 6) is 1.41. The van der Waals surface area contributed by atoms with Crippen molar-refractivity contribution in [2.75, 3.05) is 13.1 Å². The Bertz CT molecular complexity index is 1110. The van der Waals surface area contributed by atoms with Gasteiger partial charge in [-0.15, -0.1) is 0 Å². The molecule has 2 aliphatic rings. The van der Waals surface area contributed by atoms with E-state index in [1.54, 1.807) is 12.1 Å². The molecule has 1 atom stereocenters. The molecule has 0 bridgehead atoms. The molecule has 31 heavy (non-hydrogen) atoms. The predicted octanol–water partition coefficient (Wildman–Crippen LogP) is 4.19. The van der Waals surface area contributed by atoms with Crippen molar-refractivity contribution in [1.29, 1.82) is 0 Å². The van der Waals surface area contributed by atoms with Crippen molar-refractivity contribution in [3.05, 3.63) is 83.6 Å². The summed E-state index contributed by atoms with van der Waals surface area (Å²) >= 11 is 0. The van der Waals surface area contributed by atoms with Gasteiger partial charge < -0.3 is 4.74 Å². The number of aldehydes is 1. The van der Waals surface area contributed by atoms with Crippen LogP contribution in [0.15, 0.2) is 66.9 Å². The number of fused-ring (bicyclic) bond motifs is 1. The van der Waals surface area contributed by atoms with E-state index in [2.05, 4.69) is 15.4 Å². The number of piperidine rings is 1. The Balaban J connectivity index is 1.24. The van der Waals surface area contributed by atoms with Crippen LogP contribution in [0.5, 0.6) is 5.75 Å². The van der Waals surface area contributed by atoms with Crippen LogP contribution >= 0.6 is 0 Å². The lowest BCUT2D eigenvalue weighted by Crippen LogP contribution is -2.47. The molecule has 0 amide bonds. The molecule has 1 unspecified atom stereocenters. The van der Waals surface area contributed by atoms with Crippen LogP contribution in [0.4, 0.5) is 0 Å². The summed E-state index contributed by atoms with van der Waals surface area (Å²) in [7, 11) is -1.02. The van der Waals surface area contributed by atoms with Gasteiger partial charge in [0.15, 0.2) is 0 Å². The lowest BCUT2D eigenvalue weighted by molar-refractivity contribution is 0.0416. The van der Waals surface area contributed by atoms with Crippen molar-refractivity contribution in [1.82, 2.24) is 9.29 Å². The van der Waals surface area contributed by atoms with E-state index in [1.165, 1.54) is 5.56 Å². The molecule has 1 saturated heterocycles. The van der Waals surface area contributed by atoms with Crippen LogP contribution in [0.25, 0.3) is 11.3 Å². The number of rotatable bonds is 5. The third kappa shape index (κ3) is 4.18. The van der Waals surface area contributed by atoms with Crippen LogP contribution in [-0.2, 0) is 23.2 Å². The number of carbonyl (C=O) groups is 1. The Morgan fingerprint density at radius 3 is 2.52 bits per heavy atom. The van der Waals surface area contributed by atoms with Crippen LogP contribution < -0.4 is 4.74 Å². The topological polar surface area (TPSA) is 59.5 Å². The van der Waals surface area contributed by atoms with Crippen molar-refractivity contribution in [2.45, 2.75) is 30.6 Å². The van der Waals surface area contributed by atoms with Crippen molar-refractivity contribution in [2.24, 2.45) is 0 Å². The van der Waals surface area contributed by atoms with E-state index in [1.807, 2.05) is 48.7 Å². The second kappa shape index (κ2) is 8.36. The van der Waals surface area contributed by atoms with E-state index in [4.69, 9.17) is 4.74 Å². The van der Waals surface area contributed by atoms with Crippen LogP contribution in [-0.4, -0.2) is 38.5 Å². The highest BCUT2D eigenvalue weighted by atomic mass is 32.2. The number of hydrogen-bond acceptors (Lipinski definition) is 4. The highest BCUT2D eigenvalue weighted by Crippen LogP contribution is 2.42. The zero-order valence-electron chi connectivity index (χ0n) is 17.2. The minimum absolute atomic E-state index is 0.225. The number of pyridine rings is 1. The molecule has 1 spiro atoms. The fraction of sp³-hybridized carbons (Fsp3) is 0.280. The molecule has 5 rings (SSSR count). The molecule has 6 heteroatoms. The first kappa shape index (κ1) is 20.1. The maximum atomic E-state index is 12.8. The molecule has 0 N–H and O–H groups in total. The van der Waals surface area contributed by atoms with Gasteiger partial charge >= 0.3 is 0 Å². The third-order valence-electron chi connectivity index (χ3n) is 6.18. The standard InChI is InChI=1S/C25H24N2O3S/c28-17-19-6-8-21(9-7-19)23-14-22-15-25(30-24(22)16-26-23)10-12-27(13-11-25)31(29)18-20-4-2-1-3-5-20/h1-9,14,16-17H,10-13,15,18H2. The number of benzene rings is 2. The molecule has 1 aromatic heterocycles. The van der Waals surface area contributed by atoms with E-state index < -0.39 is 11.0 Å². The maximum Gasteiger partial charge on any atom is 0.150 e. The van der Waals surface area contributed by atoms with E-state index >= 15 is 0 Å². The normalized spacial score (nSPS) is 18.3. The number of carbonyl (C=O) groups excluding carboxylic acids is 1. The SMILES string of the molecule is O=Cc1ccc(-c2cc3c(cn2)OC2(CCN(S(=O)Cc4ccccc4)CC2)C3)cc1. The summed E-state index contributed by atoms with van der Waals surface area (Å²) in [6, 6.07) is 19.6. The van der Waals surface area contributed by atoms with Crippen molar-refractivity contribution < 1.29 is 13.7 Å². The average molecular weight is 433 g/mol. The molecule has 3 aromatic rings. The molecule has 5 nitrogen and oxygen atoms in total. The van der Waals surface area contributed by atoms with Crippen LogP contribution in [0.1, 0.15) is 34.3 Å². The quantitative estimate of drug-likeness (QED) is 0.567. The maximum absolute atomic E-state index is 12.8. The second-order valence-electron chi connectivity index (χ2n) is 8.26. The van der Waals surface area contributed by atoms with Crippen molar-refractivity contribution >= 4 is 17.3 Å². The van der Waals surface area contributed by atoms with E-state index in [-0.39, 0.29) is 5.60 Å². The van der Waals surface area contributed by atoms with E-state index in [0.29, 0.717) is 11.3 Å². The molecule has 2 aliphatic heterocycles. The molecular weight excluding hydrogens is 408 g/mol. The summed E-state index contributed by atoms with van der Waals surface area (Å²) in [5.41, 5.74) is 4.58. The average Bonchev–Trinajstić information content (AvgIpc) is 3.17. The first-order valence-electron chi connectivity index (χ1n) is 10.6. The van der Waals surface area contributed by atoms with Gasteiger partial charge in [0.2, 0.25) is 0 Å². The first-order valence-corrected chi connectivity index (χ1v) is 11.8. The lowest BCUT2D eigenvalue weighted by Gasteiger charge is -2.37. The van der Waals surface area contributed by atoms with E-state index in [9.17, 15) is 9.00 Å². The predicted molar refractivity (Wildman–Crippen MR) is 121 cm³/mol. The largest absolute Gasteiger partial charge is 0.485 e. The summed E-state index contributed by atoms with van der Waals surface area (Å²) in [6.07, 6.45) is 5.21. The van der Waals surface area contributed by atoms with Crippen LogP contribution in [0.3, 0.4) is 0 Å². The fourth-order valence-corrected chi connectivity index (χ4v) is 5.66. The molecule has 0 saturated carbocycles. The number of hydrogen-bond donors (Lipinski definition) is 0. The molecule has 0 aliphatic carbocycles. The van der Waals surface area contributed by atoms with Gasteiger partial charge in [-0.05, 0) is 11.6 Å². The Hall–Kier alpha value is -2.83. The van der Waals surface area contributed by atoms with Gasteiger partial charge in [-0.1, -0.05) is 54.6 Å². The van der Waals surface area contributed by atoms with Gasteiger partial charge in [0.05, 0.1) is 28.6 Å². The van der Waals surface area contributed by atoms with E-state index in [0.717, 1.165) is 61.2 Å². The summed E-state index contributed by atoms with van der Waals surface area (Å²) in [5, 5.41) is 0. The highest BCUT2D eigenvalue weighted by molar-refractivity contribution is 7.81. The van der Waals surface area contributed by atoms with Gasteiger partial charge in [-0.25, -0.2) is 8.51 Å². The summed E-state index contributed by atoms with van der Waals surface area (Å²) < 4.78 is 21.2. The van der Waals surface area contributed by atoms with Crippen LogP contribution in [0, 0.1) is 0 Å². The minimum Gasteiger partial charge on any atom is -0.485 e. The minimum atomic E-state index is -1.02. The zero-order valence-corrected chi connectivity index (χ0v) is 18.0. The first-order chi connectivity index (χ1) is 15.1. The Morgan fingerprint density at radius 1 is 1.06 bits per heavy atom. The van der Waals surface area contributed by atoms with Gasteiger partial charge in [-0.3, -0.25) is 9.78 Å². The molecular formula is C25H24N2O3S.